The molecule has 0 unspecified atom stereocenters. The Labute approximate surface area is 290 Å². The Kier molecular flexibility index (Phi) is 6.53. The maximum absolute atomic E-state index is 2.54. The average molecular weight is 637 g/mol. The second-order valence-electron chi connectivity index (χ2n) is 12.9. The molecule has 234 valence electrons. The first kappa shape index (κ1) is 28.4. The van der Waals surface area contributed by atoms with Crippen molar-refractivity contribution in [3.05, 3.63) is 194 Å². The van der Waals surface area contributed by atoms with Crippen LogP contribution in [0.3, 0.4) is 0 Å². The quantitative estimate of drug-likeness (QED) is 0.178. The molecule has 0 aliphatic heterocycles. The summed E-state index contributed by atoms with van der Waals surface area (Å²) in [6.45, 7) is 0. The first-order valence-corrected chi connectivity index (χ1v) is 17.2. The maximum atomic E-state index is 2.54. The van der Waals surface area contributed by atoms with Gasteiger partial charge in [-0.2, -0.15) is 0 Å². The minimum atomic E-state index is 1.16. The van der Waals surface area contributed by atoms with Crippen LogP contribution in [0.2, 0.25) is 0 Å². The molecule has 0 aliphatic rings. The van der Waals surface area contributed by atoms with E-state index in [1.54, 1.807) is 0 Å². The average Bonchev–Trinajstić information content (AvgIpc) is 3.72. The lowest BCUT2D eigenvalue weighted by Crippen LogP contribution is -1.99. The Bertz CT molecular complexity index is 2830. The maximum Gasteiger partial charge on any atom is 0.0641 e. The number of aromatic nitrogens is 2. The van der Waals surface area contributed by atoms with Crippen LogP contribution in [0.1, 0.15) is 0 Å². The summed E-state index contributed by atoms with van der Waals surface area (Å²) < 4.78 is 4.96. The highest BCUT2D eigenvalue weighted by Gasteiger charge is 2.24. The summed E-state index contributed by atoms with van der Waals surface area (Å²) in [4.78, 5) is 0. The third kappa shape index (κ3) is 4.36. The van der Waals surface area contributed by atoms with Gasteiger partial charge in [0, 0.05) is 32.8 Å². The summed E-state index contributed by atoms with van der Waals surface area (Å²) >= 11 is 0. The van der Waals surface area contributed by atoms with E-state index < -0.39 is 0 Å². The molecule has 0 saturated heterocycles. The molecule has 0 spiro atoms. The van der Waals surface area contributed by atoms with Crippen molar-refractivity contribution < 1.29 is 0 Å². The standard InChI is InChI=1S/C48H32N2/c1-5-16-33(17-6-1)36-28-30-43(41(32-36)35-20-9-3-10-21-35)50-44-27-15-25-38(34-18-7-2-8-19-34)46(44)40-29-31-45-47(48(40)50)39-24-13-14-26-42(39)49(45)37-22-11-4-12-23-37/h1-32H. The van der Waals surface area contributed by atoms with E-state index in [9.17, 15) is 0 Å². The number of fused-ring (bicyclic) bond motifs is 7. The molecule has 2 heteroatoms. The van der Waals surface area contributed by atoms with Crippen LogP contribution in [-0.4, -0.2) is 9.13 Å². The first-order valence-electron chi connectivity index (χ1n) is 17.2. The summed E-state index contributed by atoms with van der Waals surface area (Å²) in [6, 6.07) is 70.4. The fourth-order valence-electron chi connectivity index (χ4n) is 7.96. The van der Waals surface area contributed by atoms with Crippen molar-refractivity contribution in [2.75, 3.05) is 0 Å². The topological polar surface area (TPSA) is 9.86 Å². The van der Waals surface area contributed by atoms with E-state index in [-0.39, 0.29) is 0 Å². The number of hydrogen-bond donors (Lipinski definition) is 0. The fraction of sp³-hybridized carbons (Fsp3) is 0. The number of hydrogen-bond acceptors (Lipinski definition) is 0. The van der Waals surface area contributed by atoms with Gasteiger partial charge >= 0.3 is 0 Å². The monoisotopic (exact) mass is 636 g/mol. The Morgan fingerprint density at radius 3 is 1.60 bits per heavy atom. The molecule has 0 aliphatic carbocycles. The van der Waals surface area contributed by atoms with E-state index >= 15 is 0 Å². The van der Waals surface area contributed by atoms with E-state index in [0.29, 0.717) is 0 Å². The molecular weight excluding hydrogens is 605 g/mol. The van der Waals surface area contributed by atoms with Crippen molar-refractivity contribution in [1.29, 1.82) is 0 Å². The normalized spacial score (nSPS) is 11.6. The lowest BCUT2D eigenvalue weighted by molar-refractivity contribution is 1.17. The van der Waals surface area contributed by atoms with Crippen LogP contribution in [-0.2, 0) is 0 Å². The molecule has 0 fully saturated rings. The molecule has 0 atom stereocenters. The molecule has 0 radical (unpaired) electrons. The third-order valence-corrected chi connectivity index (χ3v) is 10.1. The Morgan fingerprint density at radius 2 is 0.880 bits per heavy atom. The molecule has 2 nitrogen and oxygen atoms in total. The van der Waals surface area contributed by atoms with Gasteiger partial charge in [0.1, 0.15) is 0 Å². The summed E-state index contributed by atoms with van der Waals surface area (Å²) in [5.41, 5.74) is 14.4. The fourth-order valence-corrected chi connectivity index (χ4v) is 7.96. The molecule has 0 bridgehead atoms. The third-order valence-electron chi connectivity index (χ3n) is 10.1. The van der Waals surface area contributed by atoms with E-state index in [1.165, 1.54) is 77.0 Å². The molecule has 50 heavy (non-hydrogen) atoms. The van der Waals surface area contributed by atoms with E-state index in [0.717, 1.165) is 11.4 Å². The minimum Gasteiger partial charge on any atom is -0.309 e. The van der Waals surface area contributed by atoms with E-state index in [2.05, 4.69) is 203 Å². The van der Waals surface area contributed by atoms with Crippen LogP contribution < -0.4 is 0 Å². The van der Waals surface area contributed by atoms with Gasteiger partial charge in [-0.1, -0.05) is 152 Å². The van der Waals surface area contributed by atoms with Crippen molar-refractivity contribution in [2.24, 2.45) is 0 Å². The number of nitrogens with zero attached hydrogens (tertiary/aromatic N) is 2. The smallest absolute Gasteiger partial charge is 0.0641 e. The van der Waals surface area contributed by atoms with Gasteiger partial charge in [-0.15, -0.1) is 0 Å². The Hall–Kier alpha value is -6.64. The van der Waals surface area contributed by atoms with Crippen molar-refractivity contribution in [3.63, 3.8) is 0 Å². The number of rotatable bonds is 5. The molecule has 2 aromatic heterocycles. The molecule has 0 saturated carbocycles. The molecule has 10 aromatic rings. The van der Waals surface area contributed by atoms with Crippen LogP contribution in [0.4, 0.5) is 0 Å². The zero-order valence-corrected chi connectivity index (χ0v) is 27.4. The molecular formula is C48H32N2. The first-order chi connectivity index (χ1) is 24.8. The minimum absolute atomic E-state index is 1.16. The second kappa shape index (κ2) is 11.5. The van der Waals surface area contributed by atoms with Gasteiger partial charge in [-0.25, -0.2) is 0 Å². The zero-order chi connectivity index (χ0) is 33.0. The molecule has 0 amide bonds. The number of para-hydroxylation sites is 2. The van der Waals surface area contributed by atoms with Crippen LogP contribution >= 0.6 is 0 Å². The van der Waals surface area contributed by atoms with Crippen molar-refractivity contribution in [3.8, 4) is 44.8 Å². The number of benzene rings is 8. The van der Waals surface area contributed by atoms with Gasteiger partial charge in [0.15, 0.2) is 0 Å². The van der Waals surface area contributed by atoms with E-state index in [4.69, 9.17) is 0 Å². The van der Waals surface area contributed by atoms with Crippen molar-refractivity contribution in [2.45, 2.75) is 0 Å². The predicted octanol–water partition coefficient (Wildman–Crippen LogP) is 12.9. The highest BCUT2D eigenvalue weighted by molar-refractivity contribution is 6.28. The van der Waals surface area contributed by atoms with Gasteiger partial charge < -0.3 is 9.13 Å². The SMILES string of the molecule is c1ccc(-c2ccc(-n3c4cccc(-c5ccccc5)c4c4ccc5c(c6ccccc6n5-c5ccccc5)c43)c(-c3ccccc3)c2)cc1. The van der Waals surface area contributed by atoms with E-state index in [1.807, 2.05) is 0 Å². The molecule has 2 heterocycles. The summed E-state index contributed by atoms with van der Waals surface area (Å²) in [5.74, 6) is 0. The highest BCUT2D eigenvalue weighted by Crippen LogP contribution is 2.46. The van der Waals surface area contributed by atoms with Crippen LogP contribution in [0.5, 0.6) is 0 Å². The lowest BCUT2D eigenvalue weighted by Gasteiger charge is -2.17. The predicted molar refractivity (Wildman–Crippen MR) is 211 cm³/mol. The Morgan fingerprint density at radius 1 is 0.300 bits per heavy atom. The largest absolute Gasteiger partial charge is 0.309 e. The second-order valence-corrected chi connectivity index (χ2v) is 12.9. The van der Waals surface area contributed by atoms with Gasteiger partial charge in [-0.3, -0.25) is 0 Å². The van der Waals surface area contributed by atoms with Crippen LogP contribution in [0.25, 0.3) is 88.4 Å². The highest BCUT2D eigenvalue weighted by atomic mass is 15.0. The van der Waals surface area contributed by atoms with Gasteiger partial charge in [-0.05, 0) is 70.3 Å². The Balaban J connectivity index is 1.41. The zero-order valence-electron chi connectivity index (χ0n) is 27.4. The summed E-state index contributed by atoms with van der Waals surface area (Å²) in [5, 5.41) is 5.00. The molecule has 8 aromatic carbocycles. The van der Waals surface area contributed by atoms with Gasteiger partial charge in [0.2, 0.25) is 0 Å². The molecule has 10 rings (SSSR count). The van der Waals surface area contributed by atoms with Crippen LogP contribution in [0, 0.1) is 0 Å². The van der Waals surface area contributed by atoms with Crippen molar-refractivity contribution in [1.82, 2.24) is 9.13 Å². The molecule has 0 N–H and O–H groups in total. The van der Waals surface area contributed by atoms with Crippen molar-refractivity contribution >= 4 is 43.6 Å². The van der Waals surface area contributed by atoms with Gasteiger partial charge in [0.05, 0.1) is 27.8 Å². The lowest BCUT2D eigenvalue weighted by atomic mass is 9.97. The van der Waals surface area contributed by atoms with Gasteiger partial charge in [0.25, 0.3) is 0 Å². The summed E-state index contributed by atoms with van der Waals surface area (Å²) in [6.07, 6.45) is 0. The summed E-state index contributed by atoms with van der Waals surface area (Å²) in [7, 11) is 0. The van der Waals surface area contributed by atoms with Crippen LogP contribution in [0.15, 0.2) is 194 Å².